The van der Waals surface area contributed by atoms with Gasteiger partial charge in [0.15, 0.2) is 5.96 Å². The van der Waals surface area contributed by atoms with Crippen molar-refractivity contribution in [3.63, 3.8) is 0 Å². The van der Waals surface area contributed by atoms with Gasteiger partial charge in [0, 0.05) is 37.1 Å². The summed E-state index contributed by atoms with van der Waals surface area (Å²) in [7, 11) is 0. The van der Waals surface area contributed by atoms with Gasteiger partial charge in [-0.05, 0) is 58.2 Å². The molecule has 6 heteroatoms. The van der Waals surface area contributed by atoms with Crippen LogP contribution < -0.4 is 10.6 Å². The predicted octanol–water partition coefficient (Wildman–Crippen LogP) is 3.10. The van der Waals surface area contributed by atoms with Gasteiger partial charge in [0.2, 0.25) is 0 Å². The molecule has 1 saturated carbocycles. The van der Waals surface area contributed by atoms with Crippen LogP contribution in [0, 0.1) is 17.3 Å². The summed E-state index contributed by atoms with van der Waals surface area (Å²) in [6.45, 7) is 15.5. The fourth-order valence-electron chi connectivity index (χ4n) is 5.03. The van der Waals surface area contributed by atoms with Gasteiger partial charge in [-0.25, -0.2) is 0 Å². The lowest BCUT2D eigenvalue weighted by atomic mass is 9.57. The summed E-state index contributed by atoms with van der Waals surface area (Å²) < 4.78 is 5.91. The molecule has 0 bridgehead atoms. The van der Waals surface area contributed by atoms with Crippen LogP contribution in [0.5, 0.6) is 0 Å². The minimum Gasteiger partial charge on any atom is -0.377 e. The Hall–Kier alpha value is -0.0800. The third-order valence-corrected chi connectivity index (χ3v) is 6.70. The zero-order valence-corrected chi connectivity index (χ0v) is 19.4. The molecular weight excluding hydrogens is 439 g/mol. The smallest absolute Gasteiger partial charge is 0.191 e. The predicted molar refractivity (Wildman–Crippen MR) is 119 cm³/mol. The van der Waals surface area contributed by atoms with Crippen LogP contribution in [0.4, 0.5) is 0 Å². The number of nitrogens with one attached hydrogen (secondary N) is 2. The molecule has 2 saturated heterocycles. The topological polar surface area (TPSA) is 48.9 Å². The number of ether oxygens (including phenoxy) is 1. The van der Waals surface area contributed by atoms with Crippen molar-refractivity contribution in [3.05, 3.63) is 0 Å². The Morgan fingerprint density at radius 3 is 2.58 bits per heavy atom. The molecule has 3 atom stereocenters. The van der Waals surface area contributed by atoms with Crippen molar-refractivity contribution in [1.29, 1.82) is 0 Å². The normalized spacial score (nSPS) is 31.7. The average Bonchev–Trinajstić information content (AvgIpc) is 3.07. The molecule has 3 fully saturated rings. The molecule has 0 aromatic carbocycles. The van der Waals surface area contributed by atoms with E-state index in [1.54, 1.807) is 0 Å². The number of fused-ring (bicyclic) bond motifs is 1. The number of nitrogens with zero attached hydrogens (tertiary/aromatic N) is 2. The van der Waals surface area contributed by atoms with Crippen LogP contribution in [0.1, 0.15) is 53.4 Å². The monoisotopic (exact) mass is 478 g/mol. The van der Waals surface area contributed by atoms with Gasteiger partial charge in [0.25, 0.3) is 0 Å². The lowest BCUT2D eigenvalue weighted by Crippen LogP contribution is -2.68. The molecule has 0 amide bonds. The number of hydrogen-bond acceptors (Lipinski definition) is 3. The maximum Gasteiger partial charge on any atom is 0.191 e. The van der Waals surface area contributed by atoms with Gasteiger partial charge >= 0.3 is 0 Å². The highest BCUT2D eigenvalue weighted by Crippen LogP contribution is 2.52. The Balaban J connectivity index is 0.00000243. The first-order valence-corrected chi connectivity index (χ1v) is 10.4. The number of hydrogen-bond donors (Lipinski definition) is 2. The van der Waals surface area contributed by atoms with Crippen molar-refractivity contribution in [1.82, 2.24) is 15.5 Å². The van der Waals surface area contributed by atoms with Crippen LogP contribution in [0.25, 0.3) is 0 Å². The Kier molecular flexibility index (Phi) is 8.47. The summed E-state index contributed by atoms with van der Waals surface area (Å²) >= 11 is 0. The van der Waals surface area contributed by atoms with Crippen LogP contribution in [-0.2, 0) is 4.74 Å². The van der Waals surface area contributed by atoms with Crippen LogP contribution in [-0.4, -0.2) is 62.3 Å². The number of guanidine groups is 1. The molecule has 3 unspecified atom stereocenters. The second-order valence-corrected chi connectivity index (χ2v) is 8.61. The summed E-state index contributed by atoms with van der Waals surface area (Å²) in [5.41, 5.74) is 0.199. The van der Waals surface area contributed by atoms with E-state index in [0.717, 1.165) is 31.6 Å². The highest BCUT2D eigenvalue weighted by molar-refractivity contribution is 14.0. The van der Waals surface area contributed by atoms with E-state index in [1.807, 2.05) is 0 Å². The van der Waals surface area contributed by atoms with E-state index in [2.05, 4.69) is 43.2 Å². The number of piperidine rings is 1. The maximum absolute atomic E-state index is 5.91. The van der Waals surface area contributed by atoms with Crippen LogP contribution in [0.3, 0.4) is 0 Å². The largest absolute Gasteiger partial charge is 0.377 e. The van der Waals surface area contributed by atoms with Gasteiger partial charge in [-0.1, -0.05) is 20.8 Å². The van der Waals surface area contributed by atoms with E-state index in [-0.39, 0.29) is 29.4 Å². The lowest BCUT2D eigenvalue weighted by molar-refractivity contribution is -0.106. The van der Waals surface area contributed by atoms with Crippen LogP contribution in [0.15, 0.2) is 4.99 Å². The maximum atomic E-state index is 5.91. The molecule has 152 valence electrons. The van der Waals surface area contributed by atoms with Gasteiger partial charge < -0.3 is 20.3 Å². The van der Waals surface area contributed by atoms with Crippen molar-refractivity contribution >= 4 is 29.9 Å². The minimum atomic E-state index is 0. The zero-order chi connectivity index (χ0) is 17.9. The van der Waals surface area contributed by atoms with Crippen molar-refractivity contribution in [2.24, 2.45) is 22.2 Å². The Labute approximate surface area is 177 Å². The molecule has 3 rings (SSSR count). The van der Waals surface area contributed by atoms with E-state index in [9.17, 15) is 0 Å². The molecule has 0 spiro atoms. The highest BCUT2D eigenvalue weighted by Gasteiger charge is 2.59. The lowest BCUT2D eigenvalue weighted by Gasteiger charge is -2.54. The Morgan fingerprint density at radius 1 is 1.19 bits per heavy atom. The standard InChI is InChI=1S/C20H38N4O.HI/c1-5-21-19(22-11-7-15-8-12-24(6-2)13-9-15)23-17-16-10-14-25-18(16)20(17,3)4;/h15-18H,5-14H2,1-4H3,(H2,21,22,23);1H. The molecule has 5 nitrogen and oxygen atoms in total. The average molecular weight is 478 g/mol. The van der Waals surface area contributed by atoms with Gasteiger partial charge in [-0.2, -0.15) is 0 Å². The molecule has 1 aliphatic carbocycles. The van der Waals surface area contributed by atoms with Crippen LogP contribution in [0.2, 0.25) is 0 Å². The fraction of sp³-hybridized carbons (Fsp3) is 0.950. The molecule has 26 heavy (non-hydrogen) atoms. The molecule has 0 radical (unpaired) electrons. The second kappa shape index (κ2) is 9.92. The third-order valence-electron chi connectivity index (χ3n) is 6.70. The minimum absolute atomic E-state index is 0. The van der Waals surface area contributed by atoms with Gasteiger partial charge in [-0.15, -0.1) is 24.0 Å². The number of aliphatic imine (C=N–C) groups is 1. The highest BCUT2D eigenvalue weighted by atomic mass is 127. The molecule has 2 heterocycles. The summed E-state index contributed by atoms with van der Waals surface area (Å²) in [4.78, 5) is 7.45. The van der Waals surface area contributed by atoms with E-state index in [0.29, 0.717) is 18.1 Å². The van der Waals surface area contributed by atoms with Gasteiger partial charge in [0.05, 0.1) is 6.10 Å². The van der Waals surface area contributed by atoms with E-state index in [4.69, 9.17) is 9.73 Å². The van der Waals surface area contributed by atoms with Crippen LogP contribution >= 0.6 is 24.0 Å². The molecule has 2 N–H and O–H groups in total. The number of rotatable bonds is 6. The van der Waals surface area contributed by atoms with Gasteiger partial charge in [-0.3, -0.25) is 4.99 Å². The van der Waals surface area contributed by atoms with E-state index < -0.39 is 0 Å². The first-order chi connectivity index (χ1) is 12.1. The summed E-state index contributed by atoms with van der Waals surface area (Å²) in [5.74, 6) is 2.50. The van der Waals surface area contributed by atoms with E-state index in [1.165, 1.54) is 45.3 Å². The SMILES string of the molecule is CCNC(=NCCC1CCN(CC)CC1)NC1C2CCOC2C1(C)C.I. The number of halogens is 1. The molecule has 3 aliphatic rings. The Bertz CT molecular complexity index is 463. The summed E-state index contributed by atoms with van der Waals surface area (Å²) in [5, 5.41) is 7.16. The summed E-state index contributed by atoms with van der Waals surface area (Å²) in [6.07, 6.45) is 5.50. The van der Waals surface area contributed by atoms with Crippen molar-refractivity contribution in [2.75, 3.05) is 39.3 Å². The first kappa shape index (κ1) is 22.2. The number of likely N-dealkylation sites (tertiary alicyclic amines) is 1. The van der Waals surface area contributed by atoms with Crippen molar-refractivity contribution in [3.8, 4) is 0 Å². The Morgan fingerprint density at radius 2 is 1.92 bits per heavy atom. The first-order valence-electron chi connectivity index (χ1n) is 10.4. The van der Waals surface area contributed by atoms with Gasteiger partial charge in [0.1, 0.15) is 0 Å². The molecule has 0 aromatic rings. The molecule has 2 aliphatic heterocycles. The molecule has 0 aromatic heterocycles. The quantitative estimate of drug-likeness (QED) is 0.350. The summed E-state index contributed by atoms with van der Waals surface area (Å²) in [6, 6.07) is 0.477. The van der Waals surface area contributed by atoms with Crippen molar-refractivity contribution < 1.29 is 4.74 Å². The zero-order valence-electron chi connectivity index (χ0n) is 17.1. The van der Waals surface area contributed by atoms with E-state index >= 15 is 0 Å². The third kappa shape index (κ3) is 4.85. The second-order valence-electron chi connectivity index (χ2n) is 8.61. The fourth-order valence-corrected chi connectivity index (χ4v) is 5.03. The van der Waals surface area contributed by atoms with Crippen molar-refractivity contribution in [2.45, 2.75) is 65.5 Å². The molecular formula is C20H39IN4O.